The van der Waals surface area contributed by atoms with Crippen LogP contribution in [0.1, 0.15) is 24.0 Å². The Morgan fingerprint density at radius 2 is 2.33 bits per heavy atom. The van der Waals surface area contributed by atoms with Crippen LogP contribution in [0.5, 0.6) is 0 Å². The molecule has 4 nitrogen and oxygen atoms in total. The highest BCUT2D eigenvalue weighted by atomic mass is 16.5. The van der Waals surface area contributed by atoms with Crippen LogP contribution >= 0.6 is 0 Å². The largest absolute Gasteiger partial charge is 0.364 e. The van der Waals surface area contributed by atoms with Gasteiger partial charge in [0, 0.05) is 13.1 Å². The minimum absolute atomic E-state index is 0.0348. The summed E-state index contributed by atoms with van der Waals surface area (Å²) in [6.07, 6.45) is 1.35. The third-order valence-electron chi connectivity index (χ3n) is 3.21. The zero-order chi connectivity index (χ0) is 13.0. The van der Waals surface area contributed by atoms with Crippen LogP contribution in [-0.2, 0) is 16.1 Å². The van der Waals surface area contributed by atoms with Crippen LogP contribution in [0.25, 0.3) is 0 Å². The van der Waals surface area contributed by atoms with Gasteiger partial charge in [0.25, 0.3) is 0 Å². The zero-order valence-corrected chi connectivity index (χ0v) is 10.7. The van der Waals surface area contributed by atoms with E-state index in [-0.39, 0.29) is 18.1 Å². The van der Waals surface area contributed by atoms with Gasteiger partial charge in [-0.05, 0) is 25.3 Å². The molecule has 3 N–H and O–H groups in total. The van der Waals surface area contributed by atoms with Crippen molar-refractivity contribution in [3.63, 3.8) is 0 Å². The maximum absolute atomic E-state index is 11.9. The molecule has 1 heterocycles. The summed E-state index contributed by atoms with van der Waals surface area (Å²) >= 11 is 0. The van der Waals surface area contributed by atoms with E-state index in [0.717, 1.165) is 18.4 Å². The molecule has 0 spiro atoms. The second-order valence-corrected chi connectivity index (χ2v) is 4.77. The Hall–Kier alpha value is -1.39. The molecule has 98 valence electrons. The van der Waals surface area contributed by atoms with Gasteiger partial charge in [0.15, 0.2) is 0 Å². The summed E-state index contributed by atoms with van der Waals surface area (Å²) in [5.74, 6) is -0.0348. The summed E-state index contributed by atoms with van der Waals surface area (Å²) in [5, 5.41) is 2.91. The molecule has 18 heavy (non-hydrogen) atoms. The van der Waals surface area contributed by atoms with Crippen molar-refractivity contribution in [3.8, 4) is 0 Å². The van der Waals surface area contributed by atoms with E-state index in [9.17, 15) is 4.79 Å². The second-order valence-electron chi connectivity index (χ2n) is 4.77. The highest BCUT2D eigenvalue weighted by molar-refractivity contribution is 5.81. The average molecular weight is 248 g/mol. The Kier molecular flexibility index (Phi) is 4.33. The molecule has 0 saturated carbocycles. The Morgan fingerprint density at radius 3 is 3.00 bits per heavy atom. The number of carbonyl (C=O) groups is 1. The van der Waals surface area contributed by atoms with Crippen LogP contribution in [-0.4, -0.2) is 24.7 Å². The van der Waals surface area contributed by atoms with Crippen molar-refractivity contribution in [2.45, 2.75) is 38.5 Å². The fourth-order valence-electron chi connectivity index (χ4n) is 2.20. The first-order valence-electron chi connectivity index (χ1n) is 6.38. The smallest absolute Gasteiger partial charge is 0.249 e. The first-order chi connectivity index (χ1) is 8.69. The number of nitrogens with two attached hydrogens (primary N) is 1. The third kappa shape index (κ3) is 3.31. The number of benzene rings is 1. The molecular weight excluding hydrogens is 228 g/mol. The lowest BCUT2D eigenvalue weighted by molar-refractivity contribution is -0.132. The van der Waals surface area contributed by atoms with Gasteiger partial charge in [-0.25, -0.2) is 0 Å². The van der Waals surface area contributed by atoms with Crippen LogP contribution in [0.4, 0.5) is 0 Å². The van der Waals surface area contributed by atoms with E-state index >= 15 is 0 Å². The minimum atomic E-state index is -0.330. The summed E-state index contributed by atoms with van der Waals surface area (Å²) in [7, 11) is 0. The van der Waals surface area contributed by atoms with Gasteiger partial charge in [0.1, 0.15) is 6.10 Å². The van der Waals surface area contributed by atoms with Crippen molar-refractivity contribution < 1.29 is 9.53 Å². The first kappa shape index (κ1) is 13.1. The molecule has 0 unspecified atom stereocenters. The van der Waals surface area contributed by atoms with E-state index in [1.807, 2.05) is 25.1 Å². The fraction of sp³-hybridized carbons (Fsp3) is 0.500. The molecule has 0 aliphatic carbocycles. The lowest BCUT2D eigenvalue weighted by atomic mass is 10.1. The highest BCUT2D eigenvalue weighted by Crippen LogP contribution is 2.18. The van der Waals surface area contributed by atoms with Gasteiger partial charge in [-0.2, -0.15) is 0 Å². The third-order valence-corrected chi connectivity index (χ3v) is 3.21. The van der Waals surface area contributed by atoms with Gasteiger partial charge in [-0.1, -0.05) is 29.8 Å². The molecule has 1 aromatic carbocycles. The van der Waals surface area contributed by atoms with Gasteiger partial charge in [-0.15, -0.1) is 0 Å². The molecule has 0 radical (unpaired) electrons. The molecule has 2 rings (SSSR count). The maximum Gasteiger partial charge on any atom is 0.249 e. The van der Waals surface area contributed by atoms with Crippen LogP contribution in [0.15, 0.2) is 24.3 Å². The highest BCUT2D eigenvalue weighted by Gasteiger charge is 2.29. The fourth-order valence-corrected chi connectivity index (χ4v) is 2.20. The predicted molar refractivity (Wildman–Crippen MR) is 70.0 cm³/mol. The molecule has 1 saturated heterocycles. The van der Waals surface area contributed by atoms with Crippen LogP contribution in [0.3, 0.4) is 0 Å². The van der Waals surface area contributed by atoms with Crippen molar-refractivity contribution in [1.29, 1.82) is 0 Å². The number of aryl methyl sites for hydroxylation is 1. The van der Waals surface area contributed by atoms with Crippen molar-refractivity contribution in [2.24, 2.45) is 5.73 Å². The topological polar surface area (TPSA) is 64.4 Å². The Balaban J connectivity index is 1.82. The SMILES string of the molecule is Cc1cccc(CNC(=O)[C@@H]2CC[C@H](CN)O2)c1. The van der Waals surface area contributed by atoms with Gasteiger partial charge >= 0.3 is 0 Å². The molecule has 1 aliphatic rings. The Labute approximate surface area is 108 Å². The number of ether oxygens (including phenoxy) is 1. The van der Waals surface area contributed by atoms with Crippen molar-refractivity contribution >= 4 is 5.91 Å². The lowest BCUT2D eigenvalue weighted by Gasteiger charge is -2.12. The number of nitrogens with one attached hydrogen (secondary N) is 1. The Morgan fingerprint density at radius 1 is 1.50 bits per heavy atom. The molecule has 0 aromatic heterocycles. The van der Waals surface area contributed by atoms with Gasteiger partial charge in [-0.3, -0.25) is 4.79 Å². The molecule has 1 aliphatic heterocycles. The normalized spacial score (nSPS) is 23.0. The van der Waals surface area contributed by atoms with Gasteiger partial charge in [0.05, 0.1) is 6.10 Å². The number of hydrogen-bond acceptors (Lipinski definition) is 3. The van der Waals surface area contributed by atoms with Gasteiger partial charge in [0.2, 0.25) is 5.91 Å². The maximum atomic E-state index is 11.9. The van der Waals surface area contributed by atoms with Crippen molar-refractivity contribution in [1.82, 2.24) is 5.32 Å². The number of hydrogen-bond donors (Lipinski definition) is 2. The second kappa shape index (κ2) is 5.98. The number of carbonyl (C=O) groups excluding carboxylic acids is 1. The summed E-state index contributed by atoms with van der Waals surface area (Å²) in [6, 6.07) is 8.11. The summed E-state index contributed by atoms with van der Waals surface area (Å²) in [4.78, 5) is 11.9. The average Bonchev–Trinajstić information content (AvgIpc) is 2.85. The standard InChI is InChI=1S/C14H20N2O2/c1-10-3-2-4-11(7-10)9-16-14(17)13-6-5-12(8-15)18-13/h2-4,7,12-13H,5-6,8-9,15H2,1H3,(H,16,17)/t12-,13+/m1/s1. The molecule has 2 atom stereocenters. The molecule has 0 bridgehead atoms. The molecule has 4 heteroatoms. The quantitative estimate of drug-likeness (QED) is 0.839. The van der Waals surface area contributed by atoms with Crippen LogP contribution < -0.4 is 11.1 Å². The van der Waals surface area contributed by atoms with E-state index < -0.39 is 0 Å². The van der Waals surface area contributed by atoms with Crippen LogP contribution in [0.2, 0.25) is 0 Å². The van der Waals surface area contributed by atoms with E-state index in [0.29, 0.717) is 13.1 Å². The Bertz CT molecular complexity index is 420. The molecule has 1 fully saturated rings. The van der Waals surface area contributed by atoms with Crippen molar-refractivity contribution in [3.05, 3.63) is 35.4 Å². The molecule has 1 aromatic rings. The van der Waals surface area contributed by atoms with E-state index in [1.165, 1.54) is 5.56 Å². The predicted octanol–water partition coefficient (Wildman–Crippen LogP) is 1.12. The zero-order valence-electron chi connectivity index (χ0n) is 10.7. The van der Waals surface area contributed by atoms with E-state index in [1.54, 1.807) is 0 Å². The van der Waals surface area contributed by atoms with Gasteiger partial charge < -0.3 is 15.8 Å². The molecule has 1 amide bonds. The monoisotopic (exact) mass is 248 g/mol. The van der Waals surface area contributed by atoms with E-state index in [2.05, 4.69) is 11.4 Å². The van der Waals surface area contributed by atoms with E-state index in [4.69, 9.17) is 10.5 Å². The summed E-state index contributed by atoms with van der Waals surface area (Å²) < 4.78 is 5.55. The number of amides is 1. The number of rotatable bonds is 4. The first-order valence-corrected chi connectivity index (χ1v) is 6.38. The summed E-state index contributed by atoms with van der Waals surface area (Å²) in [5.41, 5.74) is 7.83. The minimum Gasteiger partial charge on any atom is -0.364 e. The molecular formula is C14H20N2O2. The summed E-state index contributed by atoms with van der Waals surface area (Å²) in [6.45, 7) is 3.08. The lowest BCUT2D eigenvalue weighted by Crippen LogP contribution is -2.35. The van der Waals surface area contributed by atoms with Crippen LogP contribution in [0, 0.1) is 6.92 Å². The van der Waals surface area contributed by atoms with Crippen molar-refractivity contribution in [2.75, 3.05) is 6.54 Å².